The molecular weight excluding hydrogens is 400 g/mol. The van der Waals surface area contributed by atoms with E-state index in [1.54, 1.807) is 6.20 Å². The molecule has 7 nitrogen and oxygen atoms in total. The lowest BCUT2D eigenvalue weighted by Crippen LogP contribution is -2.32. The van der Waals surface area contributed by atoms with E-state index in [-0.39, 0.29) is 18.0 Å². The average Bonchev–Trinajstić information content (AvgIpc) is 3.61. The van der Waals surface area contributed by atoms with Crippen LogP contribution in [-0.2, 0) is 4.79 Å². The van der Waals surface area contributed by atoms with Gasteiger partial charge in [0.15, 0.2) is 0 Å². The SMILES string of the molecule is CCC(=O)N[C@H]1CCC(n2nncc2-c2ccc(-c3ccc(-n4cccn4)cc3)cc2)C1. The van der Waals surface area contributed by atoms with Crippen LogP contribution >= 0.6 is 0 Å². The zero-order valence-corrected chi connectivity index (χ0v) is 18.1. The Morgan fingerprint density at radius 1 is 1.03 bits per heavy atom. The number of nitrogens with zero attached hydrogens (tertiary/aromatic N) is 5. The van der Waals surface area contributed by atoms with Crippen LogP contribution in [0.1, 0.15) is 38.6 Å². The van der Waals surface area contributed by atoms with Crippen molar-refractivity contribution in [3.8, 4) is 28.1 Å². The Balaban J connectivity index is 1.31. The summed E-state index contributed by atoms with van der Waals surface area (Å²) in [6.45, 7) is 1.88. The van der Waals surface area contributed by atoms with Gasteiger partial charge in [0.25, 0.3) is 0 Å². The third-order valence-corrected chi connectivity index (χ3v) is 6.16. The Labute approximate surface area is 187 Å². The van der Waals surface area contributed by atoms with E-state index in [9.17, 15) is 4.79 Å². The highest BCUT2D eigenvalue weighted by molar-refractivity contribution is 5.75. The molecule has 1 saturated carbocycles. The fourth-order valence-corrected chi connectivity index (χ4v) is 4.42. The minimum atomic E-state index is 0.114. The zero-order valence-electron chi connectivity index (χ0n) is 18.1. The number of carbonyl (C=O) groups excluding carboxylic acids is 1. The van der Waals surface area contributed by atoms with E-state index in [0.29, 0.717) is 6.42 Å². The van der Waals surface area contributed by atoms with Gasteiger partial charge in [0.05, 0.1) is 23.6 Å². The largest absolute Gasteiger partial charge is 0.353 e. The molecule has 1 unspecified atom stereocenters. The summed E-state index contributed by atoms with van der Waals surface area (Å²) in [7, 11) is 0. The maximum Gasteiger partial charge on any atom is 0.219 e. The summed E-state index contributed by atoms with van der Waals surface area (Å²) >= 11 is 0. The average molecular weight is 427 g/mol. The van der Waals surface area contributed by atoms with Crippen molar-refractivity contribution < 1.29 is 4.79 Å². The number of carbonyl (C=O) groups is 1. The van der Waals surface area contributed by atoms with Crippen LogP contribution in [0.25, 0.3) is 28.1 Å². The van der Waals surface area contributed by atoms with E-state index >= 15 is 0 Å². The smallest absolute Gasteiger partial charge is 0.219 e. The van der Waals surface area contributed by atoms with Gasteiger partial charge in [0.1, 0.15) is 0 Å². The first-order chi connectivity index (χ1) is 15.7. The molecule has 1 N–H and O–H groups in total. The van der Waals surface area contributed by atoms with Crippen LogP contribution in [0.15, 0.2) is 73.2 Å². The van der Waals surface area contributed by atoms with E-state index in [2.05, 4.69) is 69.3 Å². The number of benzene rings is 2. The molecule has 2 aromatic heterocycles. The molecule has 162 valence electrons. The summed E-state index contributed by atoms with van der Waals surface area (Å²) < 4.78 is 3.87. The van der Waals surface area contributed by atoms with E-state index < -0.39 is 0 Å². The molecule has 0 bridgehead atoms. The van der Waals surface area contributed by atoms with Gasteiger partial charge in [-0.25, -0.2) is 9.36 Å². The van der Waals surface area contributed by atoms with E-state index in [4.69, 9.17) is 0 Å². The number of hydrogen-bond donors (Lipinski definition) is 1. The van der Waals surface area contributed by atoms with Gasteiger partial charge in [-0.1, -0.05) is 48.5 Å². The lowest BCUT2D eigenvalue weighted by atomic mass is 10.0. The van der Waals surface area contributed by atoms with Crippen molar-refractivity contribution >= 4 is 5.91 Å². The van der Waals surface area contributed by atoms with Crippen molar-refractivity contribution in [3.05, 3.63) is 73.2 Å². The molecule has 2 heterocycles. The molecule has 5 rings (SSSR count). The van der Waals surface area contributed by atoms with Crippen LogP contribution in [0.2, 0.25) is 0 Å². The first-order valence-electron chi connectivity index (χ1n) is 11.1. The van der Waals surface area contributed by atoms with Crippen LogP contribution in [-0.4, -0.2) is 36.7 Å². The Morgan fingerprint density at radius 2 is 1.75 bits per heavy atom. The van der Waals surface area contributed by atoms with Crippen molar-refractivity contribution in [2.45, 2.75) is 44.7 Å². The molecule has 1 aliphatic carbocycles. The third-order valence-electron chi connectivity index (χ3n) is 6.16. The second kappa shape index (κ2) is 8.78. The van der Waals surface area contributed by atoms with Gasteiger partial charge in [0.2, 0.25) is 5.91 Å². The first-order valence-corrected chi connectivity index (χ1v) is 11.1. The van der Waals surface area contributed by atoms with Crippen LogP contribution in [0.4, 0.5) is 0 Å². The minimum absolute atomic E-state index is 0.114. The van der Waals surface area contributed by atoms with Gasteiger partial charge in [-0.3, -0.25) is 4.79 Å². The van der Waals surface area contributed by atoms with E-state index in [0.717, 1.165) is 47.3 Å². The van der Waals surface area contributed by atoms with Crippen LogP contribution in [0.3, 0.4) is 0 Å². The first kappa shape index (κ1) is 20.2. The number of amides is 1. The summed E-state index contributed by atoms with van der Waals surface area (Å²) in [5.41, 5.74) is 5.45. The molecular formula is C25H26N6O. The topological polar surface area (TPSA) is 77.6 Å². The van der Waals surface area contributed by atoms with Gasteiger partial charge in [0, 0.05) is 30.4 Å². The summed E-state index contributed by atoms with van der Waals surface area (Å²) in [6, 6.07) is 19.3. The summed E-state index contributed by atoms with van der Waals surface area (Å²) in [5, 5.41) is 15.9. The van der Waals surface area contributed by atoms with E-state index in [1.807, 2.05) is 34.7 Å². The molecule has 4 aromatic rings. The van der Waals surface area contributed by atoms with Crippen molar-refractivity contribution in [2.75, 3.05) is 0 Å². The Kier molecular flexibility index (Phi) is 5.54. The second-order valence-electron chi connectivity index (χ2n) is 8.22. The molecule has 1 amide bonds. The fraction of sp³-hybridized carbons (Fsp3) is 0.280. The van der Waals surface area contributed by atoms with Crippen LogP contribution in [0.5, 0.6) is 0 Å². The molecule has 2 atom stereocenters. The lowest BCUT2D eigenvalue weighted by molar-refractivity contribution is -0.121. The monoisotopic (exact) mass is 426 g/mol. The second-order valence-corrected chi connectivity index (χ2v) is 8.22. The Hall–Kier alpha value is -3.74. The number of aromatic nitrogens is 5. The van der Waals surface area contributed by atoms with Gasteiger partial charge in [-0.2, -0.15) is 5.10 Å². The van der Waals surface area contributed by atoms with Crippen molar-refractivity contribution in [1.82, 2.24) is 30.1 Å². The number of rotatable bonds is 6. The number of hydrogen-bond acceptors (Lipinski definition) is 4. The normalized spacial score (nSPS) is 18.0. The number of nitrogens with one attached hydrogen (secondary N) is 1. The highest BCUT2D eigenvalue weighted by Crippen LogP contribution is 2.33. The maximum absolute atomic E-state index is 11.7. The summed E-state index contributed by atoms with van der Waals surface area (Å²) in [6.07, 6.45) is 8.92. The van der Waals surface area contributed by atoms with Gasteiger partial charge >= 0.3 is 0 Å². The molecule has 2 aromatic carbocycles. The minimum Gasteiger partial charge on any atom is -0.353 e. The highest BCUT2D eigenvalue weighted by Gasteiger charge is 2.29. The van der Waals surface area contributed by atoms with Crippen LogP contribution < -0.4 is 5.32 Å². The Morgan fingerprint density at radius 3 is 2.44 bits per heavy atom. The predicted octanol–water partition coefficient (Wildman–Crippen LogP) is 4.42. The molecule has 0 aliphatic heterocycles. The molecule has 1 aliphatic rings. The molecule has 0 saturated heterocycles. The highest BCUT2D eigenvalue weighted by atomic mass is 16.1. The third kappa shape index (κ3) is 4.06. The fourth-order valence-electron chi connectivity index (χ4n) is 4.42. The van der Waals surface area contributed by atoms with Crippen molar-refractivity contribution in [1.29, 1.82) is 0 Å². The quantitative estimate of drug-likeness (QED) is 0.495. The van der Waals surface area contributed by atoms with Gasteiger partial charge < -0.3 is 5.32 Å². The zero-order chi connectivity index (χ0) is 21.9. The molecule has 32 heavy (non-hydrogen) atoms. The van der Waals surface area contributed by atoms with Gasteiger partial charge in [-0.15, -0.1) is 5.10 Å². The molecule has 0 radical (unpaired) electrons. The molecule has 0 spiro atoms. The predicted molar refractivity (Wildman–Crippen MR) is 123 cm³/mol. The summed E-state index contributed by atoms with van der Waals surface area (Å²) in [5.74, 6) is 0.114. The van der Waals surface area contributed by atoms with Crippen LogP contribution in [0, 0.1) is 0 Å². The molecule has 1 fully saturated rings. The standard InChI is InChI=1S/C25H26N6O/c1-2-25(32)28-21-10-13-23(16-21)31-24(17-26-29-31)20-6-4-18(5-7-20)19-8-11-22(12-9-19)30-15-3-14-27-30/h3-9,11-12,14-15,17,21,23H,2,10,13,16H2,1H3,(H,28,32)/t21-,23?/m0/s1. The van der Waals surface area contributed by atoms with Crippen molar-refractivity contribution in [3.63, 3.8) is 0 Å². The maximum atomic E-state index is 11.7. The van der Waals surface area contributed by atoms with Gasteiger partial charge in [-0.05, 0) is 48.6 Å². The Bertz CT molecular complexity index is 1180. The lowest BCUT2D eigenvalue weighted by Gasteiger charge is -2.15. The van der Waals surface area contributed by atoms with Crippen molar-refractivity contribution in [2.24, 2.45) is 0 Å². The molecule has 7 heteroatoms. The summed E-state index contributed by atoms with van der Waals surface area (Å²) in [4.78, 5) is 11.7. The van der Waals surface area contributed by atoms with E-state index in [1.165, 1.54) is 0 Å².